The molecule has 3 heteroatoms. The number of hydrogen-bond acceptors (Lipinski definition) is 3. The highest BCUT2D eigenvalue weighted by molar-refractivity contribution is 5.46. The third kappa shape index (κ3) is 2.93. The van der Waals surface area contributed by atoms with Gasteiger partial charge in [-0.05, 0) is 23.5 Å². The highest BCUT2D eigenvalue weighted by Gasteiger charge is 2.13. The van der Waals surface area contributed by atoms with Crippen molar-refractivity contribution >= 4 is 11.6 Å². The Labute approximate surface area is 79.2 Å². The van der Waals surface area contributed by atoms with Crippen LogP contribution in [-0.2, 0) is 6.42 Å². The fourth-order valence-electron chi connectivity index (χ4n) is 1.24. The van der Waals surface area contributed by atoms with Crippen molar-refractivity contribution in [3.05, 3.63) is 17.7 Å². The van der Waals surface area contributed by atoms with Crippen molar-refractivity contribution in [2.24, 2.45) is 5.41 Å². The number of pyridine rings is 1. The van der Waals surface area contributed by atoms with Gasteiger partial charge in [-0.2, -0.15) is 0 Å². The molecule has 1 aromatic rings. The Morgan fingerprint density at radius 2 is 1.85 bits per heavy atom. The first-order chi connectivity index (χ1) is 5.88. The fraction of sp³-hybridized carbons (Fsp3) is 0.500. The molecule has 1 aromatic heterocycles. The van der Waals surface area contributed by atoms with Crippen LogP contribution in [0.15, 0.2) is 12.1 Å². The molecule has 1 rings (SSSR count). The van der Waals surface area contributed by atoms with Gasteiger partial charge in [0.1, 0.15) is 11.6 Å². The maximum Gasteiger partial charge on any atom is 0.129 e. The summed E-state index contributed by atoms with van der Waals surface area (Å²) in [6, 6.07) is 3.74. The lowest BCUT2D eigenvalue weighted by Gasteiger charge is -2.18. The van der Waals surface area contributed by atoms with Gasteiger partial charge in [-0.15, -0.1) is 0 Å². The van der Waals surface area contributed by atoms with Gasteiger partial charge in [0.25, 0.3) is 0 Å². The maximum atomic E-state index is 5.74. The van der Waals surface area contributed by atoms with Crippen LogP contribution in [0.5, 0.6) is 0 Å². The molecule has 0 saturated heterocycles. The van der Waals surface area contributed by atoms with Crippen LogP contribution in [0.25, 0.3) is 0 Å². The Morgan fingerprint density at radius 1 is 1.23 bits per heavy atom. The van der Waals surface area contributed by atoms with Crippen LogP contribution >= 0.6 is 0 Å². The van der Waals surface area contributed by atoms with Crippen LogP contribution in [0.4, 0.5) is 11.6 Å². The predicted octanol–water partition coefficient (Wildman–Crippen LogP) is 1.83. The van der Waals surface area contributed by atoms with Gasteiger partial charge in [0.15, 0.2) is 0 Å². The number of nitrogens with two attached hydrogens (primary N) is 2. The number of hydrogen-bond donors (Lipinski definition) is 2. The van der Waals surface area contributed by atoms with E-state index in [1.807, 2.05) is 6.07 Å². The Kier molecular flexibility index (Phi) is 2.45. The SMILES string of the molecule is CC(C)(C)Cc1ccc(N)nc1N. The zero-order valence-electron chi connectivity index (χ0n) is 8.46. The minimum atomic E-state index is 0.228. The molecule has 0 aliphatic heterocycles. The Hall–Kier alpha value is -1.25. The normalized spacial score (nSPS) is 11.6. The lowest BCUT2D eigenvalue weighted by atomic mass is 9.88. The van der Waals surface area contributed by atoms with Crippen LogP contribution in [-0.4, -0.2) is 4.98 Å². The Balaban J connectivity index is 2.90. The molecule has 4 N–H and O–H groups in total. The largest absolute Gasteiger partial charge is 0.384 e. The molecule has 72 valence electrons. The van der Waals surface area contributed by atoms with Crippen LogP contribution < -0.4 is 11.5 Å². The van der Waals surface area contributed by atoms with Crippen molar-refractivity contribution in [3.8, 4) is 0 Å². The first kappa shape index (κ1) is 9.84. The van der Waals surface area contributed by atoms with Crippen LogP contribution in [0.2, 0.25) is 0 Å². The van der Waals surface area contributed by atoms with E-state index in [1.54, 1.807) is 6.07 Å². The van der Waals surface area contributed by atoms with Gasteiger partial charge in [0.2, 0.25) is 0 Å². The highest BCUT2D eigenvalue weighted by Crippen LogP contribution is 2.23. The smallest absolute Gasteiger partial charge is 0.129 e. The number of nitrogens with zero attached hydrogens (tertiary/aromatic N) is 1. The second-order valence-corrected chi connectivity index (χ2v) is 4.52. The fourth-order valence-corrected chi connectivity index (χ4v) is 1.24. The van der Waals surface area contributed by atoms with Gasteiger partial charge < -0.3 is 11.5 Å². The molecule has 0 atom stereocenters. The third-order valence-electron chi connectivity index (χ3n) is 1.75. The van der Waals surface area contributed by atoms with Gasteiger partial charge >= 0.3 is 0 Å². The summed E-state index contributed by atoms with van der Waals surface area (Å²) in [5.74, 6) is 1.03. The lowest BCUT2D eigenvalue weighted by Crippen LogP contribution is -2.12. The molecule has 0 spiro atoms. The molecule has 0 bridgehead atoms. The van der Waals surface area contributed by atoms with Crippen molar-refractivity contribution in [2.45, 2.75) is 27.2 Å². The van der Waals surface area contributed by atoms with E-state index < -0.39 is 0 Å². The molecule has 0 aliphatic carbocycles. The van der Waals surface area contributed by atoms with E-state index in [0.29, 0.717) is 11.6 Å². The quantitative estimate of drug-likeness (QED) is 0.691. The predicted molar refractivity (Wildman–Crippen MR) is 56.2 cm³/mol. The zero-order valence-corrected chi connectivity index (χ0v) is 8.46. The van der Waals surface area contributed by atoms with Gasteiger partial charge in [0.05, 0.1) is 0 Å². The van der Waals surface area contributed by atoms with Crippen molar-refractivity contribution < 1.29 is 0 Å². The van der Waals surface area contributed by atoms with E-state index >= 15 is 0 Å². The molecular weight excluding hydrogens is 162 g/mol. The summed E-state index contributed by atoms with van der Waals surface area (Å²) >= 11 is 0. The summed E-state index contributed by atoms with van der Waals surface area (Å²) in [6.07, 6.45) is 0.923. The topological polar surface area (TPSA) is 64.9 Å². The minimum absolute atomic E-state index is 0.228. The van der Waals surface area contributed by atoms with Crippen LogP contribution in [0.1, 0.15) is 26.3 Å². The molecule has 0 unspecified atom stereocenters. The number of nitrogen functional groups attached to an aromatic ring is 2. The zero-order chi connectivity index (χ0) is 10.1. The summed E-state index contributed by atoms with van der Waals surface area (Å²) in [4.78, 5) is 4.01. The molecule has 1 heterocycles. The monoisotopic (exact) mass is 179 g/mol. The lowest BCUT2D eigenvalue weighted by molar-refractivity contribution is 0.411. The second-order valence-electron chi connectivity index (χ2n) is 4.52. The van der Waals surface area contributed by atoms with Gasteiger partial charge in [-0.3, -0.25) is 0 Å². The summed E-state index contributed by atoms with van der Waals surface area (Å²) < 4.78 is 0. The summed E-state index contributed by atoms with van der Waals surface area (Å²) in [5, 5.41) is 0. The van der Waals surface area contributed by atoms with E-state index in [1.165, 1.54) is 0 Å². The molecule has 0 amide bonds. The molecule has 13 heavy (non-hydrogen) atoms. The van der Waals surface area contributed by atoms with Crippen LogP contribution in [0, 0.1) is 5.41 Å². The number of aromatic nitrogens is 1. The second kappa shape index (κ2) is 3.24. The third-order valence-corrected chi connectivity index (χ3v) is 1.75. The number of anilines is 2. The van der Waals surface area contributed by atoms with Crippen molar-refractivity contribution in [3.63, 3.8) is 0 Å². The van der Waals surface area contributed by atoms with E-state index in [2.05, 4.69) is 25.8 Å². The highest BCUT2D eigenvalue weighted by atomic mass is 14.9. The van der Waals surface area contributed by atoms with Crippen molar-refractivity contribution in [2.75, 3.05) is 11.5 Å². The summed E-state index contributed by atoms with van der Waals surface area (Å²) in [6.45, 7) is 6.51. The van der Waals surface area contributed by atoms with Crippen LogP contribution in [0.3, 0.4) is 0 Å². The van der Waals surface area contributed by atoms with E-state index in [0.717, 1.165) is 12.0 Å². The summed E-state index contributed by atoms with van der Waals surface area (Å²) in [5.41, 5.74) is 12.5. The minimum Gasteiger partial charge on any atom is -0.384 e. The molecule has 0 aromatic carbocycles. The molecular formula is C10H17N3. The molecule has 0 saturated carbocycles. The summed E-state index contributed by atoms with van der Waals surface area (Å²) in [7, 11) is 0. The first-order valence-electron chi connectivity index (χ1n) is 4.39. The van der Waals surface area contributed by atoms with Gasteiger partial charge in [-0.1, -0.05) is 26.8 Å². The van der Waals surface area contributed by atoms with Gasteiger partial charge in [-0.25, -0.2) is 4.98 Å². The molecule has 0 radical (unpaired) electrons. The molecule has 0 aliphatic rings. The average molecular weight is 179 g/mol. The average Bonchev–Trinajstić information content (AvgIpc) is 1.93. The molecule has 0 fully saturated rings. The Bertz CT molecular complexity index is 300. The van der Waals surface area contributed by atoms with Crippen molar-refractivity contribution in [1.82, 2.24) is 4.98 Å². The standard InChI is InChI=1S/C10H17N3/c1-10(2,3)6-7-4-5-8(11)13-9(7)12/h4-5H,6H2,1-3H3,(H4,11,12,13). The molecule has 3 nitrogen and oxygen atoms in total. The first-order valence-corrected chi connectivity index (χ1v) is 4.39. The number of rotatable bonds is 1. The van der Waals surface area contributed by atoms with E-state index in [-0.39, 0.29) is 5.41 Å². The van der Waals surface area contributed by atoms with E-state index in [4.69, 9.17) is 11.5 Å². The van der Waals surface area contributed by atoms with Gasteiger partial charge in [0, 0.05) is 0 Å². The van der Waals surface area contributed by atoms with Crippen molar-refractivity contribution in [1.29, 1.82) is 0 Å². The Morgan fingerprint density at radius 3 is 2.31 bits per heavy atom. The van der Waals surface area contributed by atoms with E-state index in [9.17, 15) is 0 Å². The maximum absolute atomic E-state index is 5.74.